The van der Waals surface area contributed by atoms with Crippen molar-refractivity contribution in [3.05, 3.63) is 23.2 Å². The van der Waals surface area contributed by atoms with E-state index in [0.717, 1.165) is 0 Å². The quantitative estimate of drug-likeness (QED) is 0.770. The van der Waals surface area contributed by atoms with Gasteiger partial charge in [-0.3, -0.25) is 0 Å². The molecule has 5 heteroatoms. The molecule has 1 atom stereocenters. The molecule has 80 valence electrons. The molecule has 0 fully saturated rings. The molecule has 0 saturated heterocycles. The number of ether oxygens (including phenoxy) is 1. The Labute approximate surface area is 91.8 Å². The average molecular weight is 228 g/mol. The third kappa shape index (κ3) is 1.61. The number of para-hydroxylation sites is 1. The van der Waals surface area contributed by atoms with E-state index in [1.807, 2.05) is 0 Å². The van der Waals surface area contributed by atoms with Crippen molar-refractivity contribution in [2.75, 3.05) is 11.9 Å². The van der Waals surface area contributed by atoms with Crippen molar-refractivity contribution in [1.29, 1.82) is 0 Å². The first-order valence-corrected chi connectivity index (χ1v) is 4.84. The fourth-order valence-corrected chi connectivity index (χ4v) is 1.61. The third-order valence-electron chi connectivity index (χ3n) is 2.36. The summed E-state index contributed by atoms with van der Waals surface area (Å²) in [6.45, 7) is 1.64. The summed E-state index contributed by atoms with van der Waals surface area (Å²) < 4.78 is 5.35. The summed E-state index contributed by atoms with van der Waals surface area (Å²) in [7, 11) is 0. The molecule has 0 aliphatic carbocycles. The number of carboxylic acid groups (broad SMARTS) is 1. The van der Waals surface area contributed by atoms with Crippen LogP contribution in [0.1, 0.15) is 6.92 Å². The van der Waals surface area contributed by atoms with Crippen LogP contribution in [0.3, 0.4) is 0 Å². The third-order valence-corrected chi connectivity index (χ3v) is 2.68. The van der Waals surface area contributed by atoms with E-state index in [9.17, 15) is 4.79 Å². The Morgan fingerprint density at radius 3 is 3.07 bits per heavy atom. The molecule has 0 radical (unpaired) electrons. The van der Waals surface area contributed by atoms with Gasteiger partial charge in [0.15, 0.2) is 5.54 Å². The Bertz CT molecular complexity index is 421. The van der Waals surface area contributed by atoms with Crippen LogP contribution >= 0.6 is 11.6 Å². The molecule has 4 nitrogen and oxygen atoms in total. The molecule has 1 aliphatic heterocycles. The summed E-state index contributed by atoms with van der Waals surface area (Å²) >= 11 is 5.94. The molecular formula is C10H10ClNO3. The van der Waals surface area contributed by atoms with Crippen molar-refractivity contribution in [1.82, 2.24) is 0 Å². The van der Waals surface area contributed by atoms with Gasteiger partial charge in [-0.1, -0.05) is 17.7 Å². The molecule has 1 unspecified atom stereocenters. The number of carboxylic acids is 1. The van der Waals surface area contributed by atoms with E-state index in [-0.39, 0.29) is 6.61 Å². The van der Waals surface area contributed by atoms with Crippen LogP contribution in [0.15, 0.2) is 18.2 Å². The lowest BCUT2D eigenvalue weighted by Crippen LogP contribution is -2.50. The fraction of sp³-hybridized carbons (Fsp3) is 0.300. The Hall–Kier alpha value is -1.42. The molecule has 0 amide bonds. The van der Waals surface area contributed by atoms with Gasteiger partial charge in [0, 0.05) is 0 Å². The minimum absolute atomic E-state index is 0.0790. The van der Waals surface area contributed by atoms with E-state index in [4.69, 9.17) is 21.4 Å². The number of nitrogens with one attached hydrogen (secondary N) is 1. The molecule has 0 spiro atoms. The van der Waals surface area contributed by atoms with E-state index < -0.39 is 11.5 Å². The predicted octanol–water partition coefficient (Wildman–Crippen LogP) is 1.99. The minimum atomic E-state index is -1.13. The van der Waals surface area contributed by atoms with E-state index in [1.54, 1.807) is 25.1 Å². The number of fused-ring (bicyclic) bond motifs is 1. The first-order chi connectivity index (χ1) is 7.03. The highest BCUT2D eigenvalue weighted by Gasteiger charge is 2.38. The highest BCUT2D eigenvalue weighted by atomic mass is 35.5. The number of hydrogen-bond donors (Lipinski definition) is 2. The second kappa shape index (κ2) is 3.31. The maximum Gasteiger partial charge on any atom is 0.332 e. The van der Waals surface area contributed by atoms with E-state index >= 15 is 0 Å². The standard InChI is InChI=1S/C10H10ClNO3/c1-10(9(13)14)5-15-7-4-2-3-6(11)8(7)12-10/h2-4,12H,5H2,1H3,(H,13,14). The van der Waals surface area contributed by atoms with Gasteiger partial charge in [-0.05, 0) is 19.1 Å². The number of benzene rings is 1. The fourth-order valence-electron chi connectivity index (χ4n) is 1.40. The molecule has 1 heterocycles. The van der Waals surface area contributed by atoms with Gasteiger partial charge >= 0.3 is 5.97 Å². The molecule has 2 rings (SSSR count). The normalized spacial score (nSPS) is 23.6. The monoisotopic (exact) mass is 227 g/mol. The maximum atomic E-state index is 11.0. The minimum Gasteiger partial charge on any atom is -0.488 e. The van der Waals surface area contributed by atoms with E-state index in [2.05, 4.69) is 5.32 Å². The highest BCUT2D eigenvalue weighted by molar-refractivity contribution is 6.33. The number of carbonyl (C=O) groups is 1. The predicted molar refractivity (Wildman–Crippen MR) is 56.6 cm³/mol. The van der Waals surface area contributed by atoms with E-state index in [1.165, 1.54) is 0 Å². The molecule has 1 aromatic carbocycles. The molecule has 15 heavy (non-hydrogen) atoms. The lowest BCUT2D eigenvalue weighted by atomic mass is 10.0. The van der Waals surface area contributed by atoms with Gasteiger partial charge < -0.3 is 15.2 Å². The summed E-state index contributed by atoms with van der Waals surface area (Å²) in [4.78, 5) is 11.0. The zero-order chi connectivity index (χ0) is 11.1. The summed E-state index contributed by atoms with van der Waals surface area (Å²) in [5, 5.41) is 12.4. The van der Waals surface area contributed by atoms with Gasteiger partial charge in [0.1, 0.15) is 12.4 Å². The molecule has 0 aromatic heterocycles. The van der Waals surface area contributed by atoms with Gasteiger partial charge in [-0.25, -0.2) is 4.79 Å². The molecular weight excluding hydrogens is 218 g/mol. The van der Waals surface area contributed by atoms with Crippen molar-refractivity contribution in [2.45, 2.75) is 12.5 Å². The Morgan fingerprint density at radius 1 is 1.67 bits per heavy atom. The van der Waals surface area contributed by atoms with Crippen LogP contribution < -0.4 is 10.1 Å². The summed E-state index contributed by atoms with van der Waals surface area (Å²) in [5.41, 5.74) is -0.590. The molecule has 2 N–H and O–H groups in total. The first kappa shape index (κ1) is 10.1. The molecule has 1 aromatic rings. The summed E-state index contributed by atoms with van der Waals surface area (Å²) in [5.74, 6) is -0.380. The zero-order valence-corrected chi connectivity index (χ0v) is 8.84. The first-order valence-electron chi connectivity index (χ1n) is 4.46. The molecule has 0 saturated carbocycles. The highest BCUT2D eigenvalue weighted by Crippen LogP contribution is 2.37. The number of halogens is 1. The maximum absolute atomic E-state index is 11.0. The zero-order valence-electron chi connectivity index (χ0n) is 8.08. The van der Waals surface area contributed by atoms with Crippen molar-refractivity contribution in [3.8, 4) is 5.75 Å². The lowest BCUT2D eigenvalue weighted by molar-refractivity contribution is -0.143. The lowest BCUT2D eigenvalue weighted by Gasteiger charge is -2.33. The molecule has 1 aliphatic rings. The number of anilines is 1. The Kier molecular flexibility index (Phi) is 2.23. The van der Waals surface area contributed by atoms with Crippen molar-refractivity contribution >= 4 is 23.3 Å². The van der Waals surface area contributed by atoms with E-state index in [0.29, 0.717) is 16.5 Å². The van der Waals surface area contributed by atoms with Crippen LogP contribution in [0.4, 0.5) is 5.69 Å². The largest absolute Gasteiger partial charge is 0.488 e. The molecule has 0 bridgehead atoms. The number of aliphatic carboxylic acids is 1. The second-order valence-corrected chi connectivity index (χ2v) is 4.07. The van der Waals surface area contributed by atoms with Gasteiger partial charge in [0.05, 0.1) is 10.7 Å². The van der Waals surface area contributed by atoms with Crippen molar-refractivity contribution < 1.29 is 14.6 Å². The van der Waals surface area contributed by atoms with Gasteiger partial charge in [0.25, 0.3) is 0 Å². The van der Waals surface area contributed by atoms with Crippen LogP contribution in [0.5, 0.6) is 5.75 Å². The number of rotatable bonds is 1. The van der Waals surface area contributed by atoms with Crippen LogP contribution in [-0.2, 0) is 4.79 Å². The van der Waals surface area contributed by atoms with Gasteiger partial charge in [0.2, 0.25) is 0 Å². The van der Waals surface area contributed by atoms with Crippen molar-refractivity contribution in [3.63, 3.8) is 0 Å². The van der Waals surface area contributed by atoms with Gasteiger partial charge in [-0.2, -0.15) is 0 Å². The van der Waals surface area contributed by atoms with Crippen LogP contribution in [-0.4, -0.2) is 23.2 Å². The Morgan fingerprint density at radius 2 is 2.40 bits per heavy atom. The van der Waals surface area contributed by atoms with Crippen molar-refractivity contribution in [2.24, 2.45) is 0 Å². The Balaban J connectivity index is 2.42. The van der Waals surface area contributed by atoms with Crippen LogP contribution in [0.25, 0.3) is 0 Å². The smallest absolute Gasteiger partial charge is 0.332 e. The summed E-state index contributed by atoms with van der Waals surface area (Å²) in [6.07, 6.45) is 0. The second-order valence-electron chi connectivity index (χ2n) is 3.66. The average Bonchev–Trinajstić information content (AvgIpc) is 2.19. The van der Waals surface area contributed by atoms with Crippen LogP contribution in [0.2, 0.25) is 5.02 Å². The SMILES string of the molecule is CC1(C(=O)O)COc2cccc(Cl)c2N1. The van der Waals surface area contributed by atoms with Crippen LogP contribution in [0, 0.1) is 0 Å². The topological polar surface area (TPSA) is 58.6 Å². The number of hydrogen-bond acceptors (Lipinski definition) is 3. The summed E-state index contributed by atoms with van der Waals surface area (Å²) in [6, 6.07) is 5.19. The van der Waals surface area contributed by atoms with Gasteiger partial charge in [-0.15, -0.1) is 0 Å².